The molecule has 0 aliphatic heterocycles. The van der Waals surface area contributed by atoms with Crippen molar-refractivity contribution in [3.05, 3.63) is 125 Å². The molecule has 192 valence electrons. The van der Waals surface area contributed by atoms with E-state index in [2.05, 4.69) is 16.4 Å². The molecule has 4 aromatic rings. The van der Waals surface area contributed by atoms with Crippen LogP contribution in [0, 0.1) is 0 Å². The lowest BCUT2D eigenvalue weighted by atomic mass is 9.88. The molecule has 1 aliphatic rings. The Labute approximate surface area is 221 Å². The molecule has 0 bridgehead atoms. The van der Waals surface area contributed by atoms with Crippen LogP contribution in [0.2, 0.25) is 0 Å². The van der Waals surface area contributed by atoms with Crippen molar-refractivity contribution in [2.75, 3.05) is 0 Å². The van der Waals surface area contributed by atoms with Gasteiger partial charge in [0.05, 0.1) is 0 Å². The number of ether oxygens (including phenoxy) is 2. The van der Waals surface area contributed by atoms with Gasteiger partial charge in [-0.2, -0.15) is 0 Å². The molecule has 1 unspecified atom stereocenters. The van der Waals surface area contributed by atoms with Crippen LogP contribution in [-0.2, 0) is 26.1 Å². The monoisotopic (exact) mass is 507 g/mol. The van der Waals surface area contributed by atoms with Gasteiger partial charge in [-0.3, -0.25) is 14.6 Å². The van der Waals surface area contributed by atoms with Crippen LogP contribution in [-0.4, -0.2) is 22.8 Å². The summed E-state index contributed by atoms with van der Waals surface area (Å²) in [5.74, 6) is 0.797. The fourth-order valence-corrected chi connectivity index (χ4v) is 4.52. The van der Waals surface area contributed by atoms with Crippen molar-refractivity contribution < 1.29 is 19.1 Å². The SMILES string of the molecule is NC(=O)c1cc(COc2ccc3c(c2)CC(NC(=O)c2ccc(OCc4ccccc4)cc2)CC3)ccn1. The summed E-state index contributed by atoms with van der Waals surface area (Å²) in [7, 11) is 0. The first-order chi connectivity index (χ1) is 18.5. The second kappa shape index (κ2) is 11.6. The molecule has 38 heavy (non-hydrogen) atoms. The number of aromatic nitrogens is 1. The summed E-state index contributed by atoms with van der Waals surface area (Å²) in [6, 6.07) is 26.7. The number of hydrogen-bond acceptors (Lipinski definition) is 5. The normalized spacial score (nSPS) is 14.3. The number of benzene rings is 3. The van der Waals surface area contributed by atoms with Gasteiger partial charge in [0.2, 0.25) is 0 Å². The molecule has 2 amide bonds. The van der Waals surface area contributed by atoms with Crippen molar-refractivity contribution in [3.8, 4) is 11.5 Å². The van der Waals surface area contributed by atoms with E-state index in [9.17, 15) is 9.59 Å². The Morgan fingerprint density at radius 1 is 0.842 bits per heavy atom. The van der Waals surface area contributed by atoms with Crippen molar-refractivity contribution in [1.82, 2.24) is 10.3 Å². The number of pyridine rings is 1. The Kier molecular flexibility index (Phi) is 7.64. The van der Waals surface area contributed by atoms with Crippen LogP contribution in [0.15, 0.2) is 91.1 Å². The van der Waals surface area contributed by atoms with Gasteiger partial charge >= 0.3 is 0 Å². The molecule has 3 aromatic carbocycles. The van der Waals surface area contributed by atoms with Crippen LogP contribution in [0.4, 0.5) is 0 Å². The highest BCUT2D eigenvalue weighted by Gasteiger charge is 2.21. The first kappa shape index (κ1) is 25.0. The Morgan fingerprint density at radius 2 is 1.58 bits per heavy atom. The standard InChI is InChI=1S/C31H29N3O4/c32-30(35)29-16-22(14-15-33-29)20-38-28-13-7-23-6-10-26(17-25(23)18-28)34-31(36)24-8-11-27(12-9-24)37-19-21-4-2-1-3-5-21/h1-5,7-9,11-16,18,26H,6,10,17,19-20H2,(H2,32,35)(H,34,36). The molecule has 0 saturated carbocycles. The number of carbonyl (C=O) groups excluding carboxylic acids is 2. The number of rotatable bonds is 9. The molecule has 0 radical (unpaired) electrons. The summed E-state index contributed by atoms with van der Waals surface area (Å²) in [4.78, 5) is 28.2. The lowest BCUT2D eigenvalue weighted by Gasteiger charge is -2.26. The van der Waals surface area contributed by atoms with Crippen molar-refractivity contribution >= 4 is 11.8 Å². The smallest absolute Gasteiger partial charge is 0.267 e. The van der Waals surface area contributed by atoms with E-state index in [0.717, 1.165) is 47.5 Å². The predicted octanol–water partition coefficient (Wildman–Crippen LogP) is 4.63. The Bertz CT molecular complexity index is 1420. The number of amides is 2. The van der Waals surface area contributed by atoms with Crippen molar-refractivity contribution in [2.24, 2.45) is 5.73 Å². The highest BCUT2D eigenvalue weighted by Crippen LogP contribution is 2.26. The van der Waals surface area contributed by atoms with E-state index in [1.54, 1.807) is 30.5 Å². The highest BCUT2D eigenvalue weighted by molar-refractivity contribution is 5.94. The summed E-state index contributed by atoms with van der Waals surface area (Å²) >= 11 is 0. The summed E-state index contributed by atoms with van der Waals surface area (Å²) in [5.41, 5.74) is 10.5. The summed E-state index contributed by atoms with van der Waals surface area (Å²) < 4.78 is 11.8. The molecular weight excluding hydrogens is 478 g/mol. The van der Waals surface area contributed by atoms with E-state index < -0.39 is 5.91 Å². The largest absolute Gasteiger partial charge is 0.489 e. The number of hydrogen-bond donors (Lipinski definition) is 2. The maximum atomic E-state index is 12.9. The van der Waals surface area contributed by atoms with Crippen molar-refractivity contribution in [3.63, 3.8) is 0 Å². The zero-order valence-corrected chi connectivity index (χ0v) is 20.9. The van der Waals surface area contributed by atoms with E-state index >= 15 is 0 Å². The summed E-state index contributed by atoms with van der Waals surface area (Å²) in [5, 5.41) is 3.18. The van der Waals surface area contributed by atoms with Crippen molar-refractivity contribution in [2.45, 2.75) is 38.5 Å². The fourth-order valence-electron chi connectivity index (χ4n) is 4.52. The van der Waals surface area contributed by atoms with E-state index in [1.165, 1.54) is 5.56 Å². The molecule has 1 atom stereocenters. The molecule has 0 saturated heterocycles. The zero-order valence-electron chi connectivity index (χ0n) is 20.9. The average Bonchev–Trinajstić information content (AvgIpc) is 2.95. The molecule has 1 aromatic heterocycles. The maximum absolute atomic E-state index is 12.9. The average molecular weight is 508 g/mol. The van der Waals surface area contributed by atoms with Gasteiger partial charge in [0, 0.05) is 17.8 Å². The number of nitrogens with two attached hydrogens (primary N) is 1. The van der Waals surface area contributed by atoms with E-state index in [-0.39, 0.29) is 17.6 Å². The zero-order chi connectivity index (χ0) is 26.3. The molecule has 1 aliphatic carbocycles. The van der Waals surface area contributed by atoms with E-state index in [0.29, 0.717) is 18.8 Å². The predicted molar refractivity (Wildman–Crippen MR) is 144 cm³/mol. The minimum atomic E-state index is -0.568. The van der Waals surface area contributed by atoms with Crippen LogP contribution in [0.5, 0.6) is 11.5 Å². The molecule has 0 fully saturated rings. The van der Waals surface area contributed by atoms with Crippen LogP contribution in [0.1, 0.15) is 49.5 Å². The molecule has 7 nitrogen and oxygen atoms in total. The minimum Gasteiger partial charge on any atom is -0.489 e. The quantitative estimate of drug-likeness (QED) is 0.344. The van der Waals surface area contributed by atoms with Crippen LogP contribution < -0.4 is 20.5 Å². The molecule has 5 rings (SSSR count). The van der Waals surface area contributed by atoms with Gasteiger partial charge < -0.3 is 20.5 Å². The van der Waals surface area contributed by atoms with Gasteiger partial charge in [0.25, 0.3) is 11.8 Å². The number of aryl methyl sites for hydroxylation is 1. The fraction of sp³-hybridized carbons (Fsp3) is 0.194. The third-order valence-electron chi connectivity index (χ3n) is 6.59. The van der Waals surface area contributed by atoms with Gasteiger partial charge in [-0.05, 0) is 90.0 Å². The van der Waals surface area contributed by atoms with E-state index in [1.807, 2.05) is 54.6 Å². The Hall–Kier alpha value is -4.65. The third kappa shape index (κ3) is 6.37. The topological polar surface area (TPSA) is 104 Å². The Balaban J connectivity index is 1.15. The highest BCUT2D eigenvalue weighted by atomic mass is 16.5. The van der Waals surface area contributed by atoms with Gasteiger partial charge in [0.15, 0.2) is 0 Å². The summed E-state index contributed by atoms with van der Waals surface area (Å²) in [6.07, 6.45) is 4.05. The van der Waals surface area contributed by atoms with Crippen LogP contribution in [0.25, 0.3) is 0 Å². The van der Waals surface area contributed by atoms with Crippen LogP contribution in [0.3, 0.4) is 0 Å². The van der Waals surface area contributed by atoms with Gasteiger partial charge in [-0.15, -0.1) is 0 Å². The van der Waals surface area contributed by atoms with Crippen molar-refractivity contribution in [1.29, 1.82) is 0 Å². The number of primary amides is 1. The maximum Gasteiger partial charge on any atom is 0.267 e. The summed E-state index contributed by atoms with van der Waals surface area (Å²) in [6.45, 7) is 0.781. The van der Waals surface area contributed by atoms with Gasteiger partial charge in [0.1, 0.15) is 30.4 Å². The van der Waals surface area contributed by atoms with Crippen LogP contribution >= 0.6 is 0 Å². The lowest BCUT2D eigenvalue weighted by Crippen LogP contribution is -2.38. The second-order valence-electron chi connectivity index (χ2n) is 9.34. The first-order valence-electron chi connectivity index (χ1n) is 12.6. The van der Waals surface area contributed by atoms with Gasteiger partial charge in [-0.1, -0.05) is 36.4 Å². The minimum absolute atomic E-state index is 0.0394. The van der Waals surface area contributed by atoms with Gasteiger partial charge in [-0.25, -0.2) is 0 Å². The first-order valence-corrected chi connectivity index (χ1v) is 12.6. The van der Waals surface area contributed by atoms with E-state index in [4.69, 9.17) is 15.2 Å². The Morgan fingerprint density at radius 3 is 2.37 bits per heavy atom. The lowest BCUT2D eigenvalue weighted by molar-refractivity contribution is 0.0932. The number of nitrogens with one attached hydrogen (secondary N) is 1. The molecular formula is C31H29N3O4. The number of nitrogens with zero attached hydrogens (tertiary/aromatic N) is 1. The molecule has 0 spiro atoms. The second-order valence-corrected chi connectivity index (χ2v) is 9.34. The third-order valence-corrected chi connectivity index (χ3v) is 6.59. The molecule has 1 heterocycles. The number of fused-ring (bicyclic) bond motifs is 1. The molecule has 7 heteroatoms. The molecule has 3 N–H and O–H groups in total. The number of carbonyl (C=O) groups is 2.